The first kappa shape index (κ1) is 22.3. The van der Waals surface area contributed by atoms with Gasteiger partial charge in [0, 0.05) is 22.7 Å². The number of nitro benzene ring substituents is 1. The quantitative estimate of drug-likeness (QED) is 0.287. The Hall–Kier alpha value is -2.96. The van der Waals surface area contributed by atoms with Gasteiger partial charge in [-0.2, -0.15) is 8.42 Å². The first-order chi connectivity index (χ1) is 13.4. The van der Waals surface area contributed by atoms with Crippen LogP contribution in [0.15, 0.2) is 41.3 Å². The normalized spacial score (nSPS) is 11.0. The van der Waals surface area contributed by atoms with Gasteiger partial charge in [-0.05, 0) is 42.9 Å². The maximum atomic E-state index is 12.5. The number of amides is 1. The molecule has 0 atom stereocenters. The average Bonchev–Trinajstić information content (AvgIpc) is 2.61. The van der Waals surface area contributed by atoms with Crippen LogP contribution >= 0.6 is 23.8 Å². The van der Waals surface area contributed by atoms with Crippen molar-refractivity contribution in [2.75, 3.05) is 0 Å². The average molecular weight is 460 g/mol. The van der Waals surface area contributed by atoms with Crippen molar-refractivity contribution in [1.29, 1.82) is 0 Å². The van der Waals surface area contributed by atoms with E-state index in [1.807, 2.05) is 0 Å². The number of carboxylic acid groups (broad SMARTS) is 1. The fraction of sp³-hybridized carbons (Fsp3) is 0.125. The summed E-state index contributed by atoms with van der Waals surface area (Å²) >= 11 is 10.5. The number of nitrogens with two attached hydrogens (primary N) is 1. The van der Waals surface area contributed by atoms with Crippen LogP contribution in [0.4, 0.5) is 10.5 Å². The van der Waals surface area contributed by atoms with E-state index < -0.39 is 43.4 Å². The molecular weight excluding hydrogens is 446 g/mol. The highest BCUT2D eigenvalue weighted by atomic mass is 35.5. The summed E-state index contributed by atoms with van der Waals surface area (Å²) in [6.07, 6.45) is -1.51. The van der Waals surface area contributed by atoms with E-state index in [9.17, 15) is 23.3 Å². The Morgan fingerprint density at radius 3 is 2.52 bits per heavy atom. The molecule has 13 heteroatoms. The van der Waals surface area contributed by atoms with Gasteiger partial charge in [-0.25, -0.2) is 9.69 Å². The second-order valence-corrected chi connectivity index (χ2v) is 8.07. The van der Waals surface area contributed by atoms with Gasteiger partial charge < -0.3 is 15.0 Å². The molecule has 0 bridgehead atoms. The summed E-state index contributed by atoms with van der Waals surface area (Å²) in [6.45, 7) is 1.19. The molecular formula is C16H14ClN3O7S2. The van der Waals surface area contributed by atoms with Crippen LogP contribution in [0.1, 0.15) is 11.1 Å². The third kappa shape index (κ3) is 5.31. The highest BCUT2D eigenvalue weighted by Gasteiger charge is 2.26. The van der Waals surface area contributed by atoms with Crippen LogP contribution in [0.5, 0.6) is 5.75 Å². The summed E-state index contributed by atoms with van der Waals surface area (Å²) in [7, 11) is -4.42. The molecule has 1 amide bonds. The summed E-state index contributed by atoms with van der Waals surface area (Å²) < 4.78 is 30.0. The zero-order valence-electron chi connectivity index (χ0n) is 14.7. The molecule has 0 aliphatic rings. The number of rotatable bonds is 6. The van der Waals surface area contributed by atoms with E-state index in [4.69, 9.17) is 26.6 Å². The molecule has 0 aliphatic heterocycles. The second-order valence-electron chi connectivity index (χ2n) is 5.70. The largest absolute Gasteiger partial charge is 0.465 e. The van der Waals surface area contributed by atoms with Crippen LogP contribution in [0.2, 0.25) is 5.02 Å². The van der Waals surface area contributed by atoms with Gasteiger partial charge in [0.15, 0.2) is 5.11 Å². The number of aryl methyl sites for hydroxylation is 1. The van der Waals surface area contributed by atoms with Crippen LogP contribution in [-0.2, 0) is 16.7 Å². The maximum Gasteiger partial charge on any atom is 0.413 e. The van der Waals surface area contributed by atoms with Crippen LogP contribution in [0.3, 0.4) is 0 Å². The minimum absolute atomic E-state index is 0.0714. The Balaban J connectivity index is 2.42. The Labute approximate surface area is 175 Å². The summed E-state index contributed by atoms with van der Waals surface area (Å²) in [5.41, 5.74) is 5.26. The molecule has 2 rings (SSSR count). The first-order valence-electron chi connectivity index (χ1n) is 7.70. The molecule has 0 saturated carbocycles. The standard InChI is InChI=1S/C16H14ClN3O7S2/c1-9-2-4-11(6-13(9)17)27-29(25,26)12-5-3-10(14(7-12)20(23)24)8-19(15(18)28)16(21)22/h2-7H,8H2,1H3,(H2,18,28)(H,21,22). The first-order valence-corrected chi connectivity index (χ1v) is 9.89. The molecule has 0 unspecified atom stereocenters. The molecule has 154 valence electrons. The van der Waals surface area contributed by atoms with Crippen LogP contribution in [-0.4, -0.2) is 34.6 Å². The third-order valence-corrected chi connectivity index (χ3v) is 5.59. The lowest BCUT2D eigenvalue weighted by Crippen LogP contribution is -2.39. The van der Waals surface area contributed by atoms with Crippen molar-refractivity contribution < 1.29 is 27.4 Å². The summed E-state index contributed by atoms with van der Waals surface area (Å²) in [4.78, 5) is 21.7. The fourth-order valence-corrected chi connectivity index (χ4v) is 3.47. The van der Waals surface area contributed by atoms with E-state index in [-0.39, 0.29) is 16.3 Å². The molecule has 10 nitrogen and oxygen atoms in total. The Morgan fingerprint density at radius 1 is 1.34 bits per heavy atom. The van der Waals surface area contributed by atoms with Crippen molar-refractivity contribution in [2.24, 2.45) is 5.73 Å². The number of halogens is 1. The molecule has 0 radical (unpaired) electrons. The lowest BCUT2D eigenvalue weighted by atomic mass is 10.1. The van der Waals surface area contributed by atoms with Gasteiger partial charge in [0.25, 0.3) is 5.69 Å². The zero-order chi connectivity index (χ0) is 21.9. The van der Waals surface area contributed by atoms with E-state index in [2.05, 4.69) is 12.2 Å². The third-order valence-electron chi connectivity index (χ3n) is 3.72. The number of thiocarbonyl (C=S) groups is 1. The smallest absolute Gasteiger partial charge is 0.413 e. The summed E-state index contributed by atoms with van der Waals surface area (Å²) in [6, 6.07) is 7.13. The molecule has 0 aromatic heterocycles. The topological polar surface area (TPSA) is 153 Å². The van der Waals surface area contributed by atoms with Crippen molar-refractivity contribution in [3.63, 3.8) is 0 Å². The maximum absolute atomic E-state index is 12.5. The van der Waals surface area contributed by atoms with Gasteiger partial charge in [0.1, 0.15) is 10.6 Å². The van der Waals surface area contributed by atoms with Crippen LogP contribution < -0.4 is 9.92 Å². The van der Waals surface area contributed by atoms with Gasteiger partial charge in [0.05, 0.1) is 11.5 Å². The highest BCUT2D eigenvalue weighted by Crippen LogP contribution is 2.28. The molecule has 2 aromatic carbocycles. The number of benzene rings is 2. The molecule has 0 fully saturated rings. The number of hydrogen-bond donors (Lipinski definition) is 2. The summed E-state index contributed by atoms with van der Waals surface area (Å²) in [5, 5.41) is 20.2. The molecule has 3 N–H and O–H groups in total. The van der Waals surface area contributed by atoms with Crippen LogP contribution in [0, 0.1) is 17.0 Å². The van der Waals surface area contributed by atoms with E-state index >= 15 is 0 Å². The van der Waals surface area contributed by atoms with Crippen molar-refractivity contribution in [2.45, 2.75) is 18.4 Å². The number of hydrogen-bond acceptors (Lipinski definition) is 7. The van der Waals surface area contributed by atoms with Crippen LogP contribution in [0.25, 0.3) is 0 Å². The molecule has 0 aliphatic carbocycles. The van der Waals surface area contributed by atoms with E-state index in [1.165, 1.54) is 12.1 Å². The van der Waals surface area contributed by atoms with E-state index in [1.54, 1.807) is 13.0 Å². The van der Waals surface area contributed by atoms with E-state index in [0.29, 0.717) is 10.5 Å². The predicted octanol–water partition coefficient (Wildman–Crippen LogP) is 3.05. The predicted molar refractivity (Wildman–Crippen MR) is 107 cm³/mol. The molecule has 0 saturated heterocycles. The van der Waals surface area contributed by atoms with Crippen molar-refractivity contribution in [3.05, 3.63) is 62.7 Å². The minimum Gasteiger partial charge on any atom is -0.465 e. The second kappa shape index (κ2) is 8.59. The molecule has 2 aromatic rings. The number of nitro groups is 1. The molecule has 29 heavy (non-hydrogen) atoms. The van der Waals surface area contributed by atoms with Crippen molar-refractivity contribution in [3.8, 4) is 5.75 Å². The minimum atomic E-state index is -4.42. The number of nitrogens with zero attached hydrogens (tertiary/aromatic N) is 2. The Kier molecular flexibility index (Phi) is 6.62. The lowest BCUT2D eigenvalue weighted by molar-refractivity contribution is -0.385. The Bertz CT molecular complexity index is 1090. The van der Waals surface area contributed by atoms with E-state index in [0.717, 1.165) is 18.2 Å². The molecule has 0 spiro atoms. The van der Waals surface area contributed by atoms with Gasteiger partial charge in [-0.3, -0.25) is 10.1 Å². The fourth-order valence-electron chi connectivity index (χ4n) is 2.21. The highest BCUT2D eigenvalue weighted by molar-refractivity contribution is 7.87. The number of carbonyl (C=O) groups is 1. The SMILES string of the molecule is Cc1ccc(OS(=O)(=O)c2ccc(CN(C(=O)O)C(N)=S)c([N+](=O)[O-])c2)cc1Cl. The Morgan fingerprint density at radius 2 is 2.00 bits per heavy atom. The zero-order valence-corrected chi connectivity index (χ0v) is 17.1. The lowest BCUT2D eigenvalue weighted by Gasteiger charge is -2.17. The monoisotopic (exact) mass is 459 g/mol. The van der Waals surface area contributed by atoms with Crippen molar-refractivity contribution >= 4 is 50.8 Å². The van der Waals surface area contributed by atoms with Gasteiger partial charge in [-0.15, -0.1) is 0 Å². The summed E-state index contributed by atoms with van der Waals surface area (Å²) in [5.74, 6) is -0.0714. The van der Waals surface area contributed by atoms with Crippen molar-refractivity contribution in [1.82, 2.24) is 4.90 Å². The van der Waals surface area contributed by atoms with Gasteiger partial charge in [-0.1, -0.05) is 17.7 Å². The molecule has 0 heterocycles. The van der Waals surface area contributed by atoms with Gasteiger partial charge in [0.2, 0.25) is 0 Å². The van der Waals surface area contributed by atoms with Gasteiger partial charge >= 0.3 is 16.2 Å².